The summed E-state index contributed by atoms with van der Waals surface area (Å²) in [6.45, 7) is 8.83. The molecular formula is C77H112O10. The van der Waals surface area contributed by atoms with Crippen LogP contribution in [0.1, 0.15) is 363 Å². The minimum atomic E-state index is -1.08. The van der Waals surface area contributed by atoms with E-state index in [1.54, 1.807) is 0 Å². The molecule has 0 spiro atoms. The fraction of sp³-hybridized carbons (Fsp3) is 0.675. The van der Waals surface area contributed by atoms with Crippen LogP contribution in [0.15, 0.2) is 42.5 Å². The number of benzene rings is 4. The predicted molar refractivity (Wildman–Crippen MR) is 352 cm³/mol. The van der Waals surface area contributed by atoms with Gasteiger partial charge in [0.05, 0.1) is 0 Å². The van der Waals surface area contributed by atoms with Gasteiger partial charge in [0, 0.05) is 86.4 Å². The third kappa shape index (κ3) is 18.0. The first kappa shape index (κ1) is 66.2. The van der Waals surface area contributed by atoms with E-state index >= 15 is 0 Å². The van der Waals surface area contributed by atoms with E-state index in [1.807, 2.05) is 0 Å². The van der Waals surface area contributed by atoms with E-state index in [0.717, 1.165) is 145 Å². The number of hydrogen-bond donors (Lipinski definition) is 1. The molecule has 8 bridgehead atoms. The average Bonchev–Trinajstić information content (AvgIpc) is 0.858. The molecule has 480 valence electrons. The lowest BCUT2D eigenvalue weighted by molar-refractivity contribution is 0.0657. The summed E-state index contributed by atoms with van der Waals surface area (Å²) in [6, 6.07) is 15.9. The van der Waals surface area contributed by atoms with Crippen LogP contribution in [0.25, 0.3) is 0 Å². The molecule has 87 heavy (non-hydrogen) atoms. The van der Waals surface area contributed by atoms with Crippen LogP contribution < -0.4 is 37.9 Å². The topological polar surface area (TPSA) is 111 Å². The monoisotopic (exact) mass is 1200 g/mol. The summed E-state index contributed by atoms with van der Waals surface area (Å²) in [5.41, 5.74) is 8.50. The predicted octanol–water partition coefficient (Wildman–Crippen LogP) is 22.8. The normalized spacial score (nSPS) is 17.6. The van der Waals surface area contributed by atoms with Crippen molar-refractivity contribution in [3.63, 3.8) is 0 Å². The first-order valence-electron chi connectivity index (χ1n) is 35.9. The zero-order chi connectivity index (χ0) is 60.4. The van der Waals surface area contributed by atoms with Crippen LogP contribution in [0.4, 0.5) is 0 Å². The van der Waals surface area contributed by atoms with Gasteiger partial charge in [-0.1, -0.05) is 259 Å². The summed E-state index contributed by atoms with van der Waals surface area (Å²) in [5, 5.41) is 11.7. The fourth-order valence-electron chi connectivity index (χ4n) is 15.1. The second kappa shape index (κ2) is 35.8. The minimum absolute atomic E-state index is 0.0192. The Morgan fingerprint density at radius 1 is 0.287 bits per heavy atom. The van der Waals surface area contributed by atoms with Crippen LogP contribution in [0.2, 0.25) is 0 Å². The Morgan fingerprint density at radius 3 is 0.713 bits per heavy atom. The number of carbonyl (C=O) groups is 1. The van der Waals surface area contributed by atoms with Crippen molar-refractivity contribution >= 4 is 5.97 Å². The zero-order valence-corrected chi connectivity index (χ0v) is 54.6. The first-order valence-corrected chi connectivity index (χ1v) is 35.9. The Bertz CT molecular complexity index is 2560. The number of aromatic carboxylic acids is 1. The molecule has 4 aromatic carbocycles. The largest absolute Gasteiger partial charge is 0.477 e. The fourth-order valence-corrected chi connectivity index (χ4v) is 15.1. The van der Waals surface area contributed by atoms with Gasteiger partial charge in [0.25, 0.3) is 0 Å². The Labute approximate surface area is 525 Å². The van der Waals surface area contributed by atoms with Gasteiger partial charge in [0.15, 0.2) is 0 Å². The van der Waals surface area contributed by atoms with E-state index in [2.05, 4.69) is 70.2 Å². The summed E-state index contributed by atoms with van der Waals surface area (Å²) in [5.74, 6) is 3.41. The summed E-state index contributed by atoms with van der Waals surface area (Å²) in [7, 11) is 0. The molecule has 1 aliphatic carbocycles. The highest BCUT2D eigenvalue weighted by Crippen LogP contribution is 2.56. The molecule has 4 unspecified atom stereocenters. The molecule has 0 saturated carbocycles. The molecule has 10 nitrogen and oxygen atoms in total. The van der Waals surface area contributed by atoms with Crippen LogP contribution >= 0.6 is 0 Å². The molecule has 4 aliphatic heterocycles. The number of unbranched alkanes of at least 4 members (excludes halogenated alkanes) is 32. The second-order valence-corrected chi connectivity index (χ2v) is 26.5. The van der Waals surface area contributed by atoms with E-state index in [9.17, 15) is 9.90 Å². The van der Waals surface area contributed by atoms with Crippen LogP contribution in [0, 0.1) is 0 Å². The Kier molecular flexibility index (Phi) is 27.2. The van der Waals surface area contributed by atoms with Gasteiger partial charge >= 0.3 is 5.97 Å². The molecular weight excluding hydrogens is 1080 g/mol. The zero-order valence-electron chi connectivity index (χ0n) is 54.6. The maximum atomic E-state index is 14.3. The van der Waals surface area contributed by atoms with Crippen molar-refractivity contribution in [1.29, 1.82) is 0 Å². The number of carboxylic acids is 1. The van der Waals surface area contributed by atoms with E-state index in [-0.39, 0.29) is 56.4 Å². The summed E-state index contributed by atoms with van der Waals surface area (Å²) in [4.78, 5) is 14.3. The molecule has 9 rings (SSSR count). The maximum absolute atomic E-state index is 14.3. The number of ether oxygens (including phenoxy) is 8. The first-order chi connectivity index (χ1) is 42.9. The second-order valence-electron chi connectivity index (χ2n) is 26.5. The minimum Gasteiger partial charge on any atom is -0.477 e. The molecule has 4 atom stereocenters. The van der Waals surface area contributed by atoms with Gasteiger partial charge in [-0.25, -0.2) is 4.79 Å². The smallest absolute Gasteiger partial charge is 0.343 e. The molecule has 0 saturated heterocycles. The Morgan fingerprint density at radius 2 is 0.483 bits per heavy atom. The summed E-state index contributed by atoms with van der Waals surface area (Å²) < 4.78 is 54.1. The quantitative estimate of drug-likeness (QED) is 0.0431. The van der Waals surface area contributed by atoms with Crippen molar-refractivity contribution in [2.24, 2.45) is 0 Å². The molecule has 0 amide bonds. The summed E-state index contributed by atoms with van der Waals surface area (Å²) >= 11 is 0. The van der Waals surface area contributed by atoms with Gasteiger partial charge in [0.1, 0.15) is 51.6 Å². The molecule has 0 radical (unpaired) electrons. The lowest BCUT2D eigenvalue weighted by Gasteiger charge is -2.35. The van der Waals surface area contributed by atoms with Gasteiger partial charge in [-0.15, -0.1) is 0 Å². The highest BCUT2D eigenvalue weighted by Gasteiger charge is 2.40. The molecule has 5 aliphatic rings. The molecule has 1 N–H and O–H groups in total. The van der Waals surface area contributed by atoms with Crippen LogP contribution in [0.5, 0.6) is 46.0 Å². The summed E-state index contributed by atoms with van der Waals surface area (Å²) in [6.07, 6.45) is 47.5. The van der Waals surface area contributed by atoms with E-state index < -0.39 is 5.97 Å². The van der Waals surface area contributed by atoms with Gasteiger partial charge < -0.3 is 43.0 Å². The number of hydrogen-bond acceptors (Lipinski definition) is 9. The van der Waals surface area contributed by atoms with Crippen molar-refractivity contribution in [2.45, 2.75) is 308 Å². The van der Waals surface area contributed by atoms with Gasteiger partial charge in [-0.05, 0) is 49.9 Å². The number of rotatable bonds is 41. The molecule has 10 heteroatoms. The van der Waals surface area contributed by atoms with Crippen molar-refractivity contribution in [3.05, 3.63) is 92.5 Å². The van der Waals surface area contributed by atoms with E-state index in [1.165, 1.54) is 180 Å². The van der Waals surface area contributed by atoms with Crippen LogP contribution in [-0.4, -0.2) is 38.2 Å². The third-order valence-corrected chi connectivity index (χ3v) is 20.0. The van der Waals surface area contributed by atoms with Gasteiger partial charge in [-0.2, -0.15) is 0 Å². The Balaban J connectivity index is 1.21. The Hall–Kier alpha value is -5.25. The molecule has 4 heterocycles. The van der Waals surface area contributed by atoms with Crippen molar-refractivity contribution in [2.75, 3.05) is 27.2 Å². The standard InChI is InChI=1S/C77H112O10/c1-5-9-13-17-21-25-29-33-37-41-56-60-45-61-57(42-38-34-30-26-22-18-14-10-6-2)63-47-65-59(44-40-36-32-28-24-20-16-12-8-4)67-48-66-58(43-39-35-31-27-23-19-15-11-7-3)64-46-62(56)70-50-72(64)84-54-86-75(66)74(77(78)79)76(67)87-55-85-73(65)51-71(63)83-53-81-69(61)49-68(60)80-52-82-70/h45-51,56-59H,5-44,52-55H2,1-4H3,(H,78,79). The van der Waals surface area contributed by atoms with Crippen LogP contribution in [-0.2, 0) is 0 Å². The molecule has 0 aromatic heterocycles. The SMILES string of the molecule is CCCCCCCCCCCC1c2cc3c4cc2OCOc2cc5c(cc21)C(CCCCCCCCCCC)c1cc2c(c(C(=O)O)c1OCO5)OCOc1cc(c(cc1C2CCCCCCCCCCC)C3CCCCCCCCCCC)OCO4. The van der Waals surface area contributed by atoms with E-state index in [0.29, 0.717) is 23.0 Å². The van der Waals surface area contributed by atoms with E-state index in [4.69, 9.17) is 37.9 Å². The van der Waals surface area contributed by atoms with Crippen molar-refractivity contribution in [1.82, 2.24) is 0 Å². The van der Waals surface area contributed by atoms with Crippen LogP contribution in [0.3, 0.4) is 0 Å². The third-order valence-electron chi connectivity index (χ3n) is 20.0. The highest BCUT2D eigenvalue weighted by molar-refractivity contribution is 5.96. The lowest BCUT2D eigenvalue weighted by Crippen LogP contribution is -2.24. The average molecular weight is 1200 g/mol. The van der Waals surface area contributed by atoms with Gasteiger partial charge in [0.2, 0.25) is 27.2 Å². The molecule has 0 fully saturated rings. The maximum Gasteiger partial charge on any atom is 0.343 e. The molecule has 4 aromatic rings. The van der Waals surface area contributed by atoms with Crippen molar-refractivity contribution in [3.8, 4) is 46.0 Å². The van der Waals surface area contributed by atoms with Gasteiger partial charge in [-0.3, -0.25) is 0 Å². The lowest BCUT2D eigenvalue weighted by atomic mass is 9.75. The number of carboxylic acid groups (broad SMARTS) is 1. The highest BCUT2D eigenvalue weighted by atomic mass is 16.7. The van der Waals surface area contributed by atoms with Crippen molar-refractivity contribution < 1.29 is 47.8 Å².